The molecule has 0 fully saturated rings. The minimum atomic E-state index is -0.205. The first-order valence-electron chi connectivity index (χ1n) is 5.52. The van der Waals surface area contributed by atoms with E-state index in [1.165, 1.54) is 11.1 Å². The molecule has 1 aromatic carbocycles. The van der Waals surface area contributed by atoms with Crippen molar-refractivity contribution in [2.45, 2.75) is 32.7 Å². The van der Waals surface area contributed by atoms with Gasteiger partial charge in [0.15, 0.2) is 6.29 Å². The predicted octanol–water partition coefficient (Wildman–Crippen LogP) is 2.09. The van der Waals surface area contributed by atoms with Crippen LogP contribution in [-0.2, 0) is 16.0 Å². The van der Waals surface area contributed by atoms with E-state index in [1.807, 2.05) is 0 Å². The van der Waals surface area contributed by atoms with Crippen LogP contribution in [0.3, 0.4) is 0 Å². The summed E-state index contributed by atoms with van der Waals surface area (Å²) in [5.41, 5.74) is 2.61. The van der Waals surface area contributed by atoms with Crippen LogP contribution < -0.4 is 5.32 Å². The number of nitrogens with one attached hydrogen (secondary N) is 1. The molecule has 0 aromatic heterocycles. The van der Waals surface area contributed by atoms with Crippen LogP contribution in [-0.4, -0.2) is 26.6 Å². The summed E-state index contributed by atoms with van der Waals surface area (Å²) in [5.74, 6) is 0. The summed E-state index contributed by atoms with van der Waals surface area (Å²) in [7, 11) is 3.31. The van der Waals surface area contributed by atoms with Gasteiger partial charge in [0.2, 0.25) is 0 Å². The lowest BCUT2D eigenvalue weighted by Gasteiger charge is -2.22. The Morgan fingerprint density at radius 3 is 2.38 bits per heavy atom. The molecule has 0 aliphatic carbocycles. The van der Waals surface area contributed by atoms with Crippen molar-refractivity contribution >= 4 is 0 Å². The average molecular weight is 223 g/mol. The molecule has 0 aliphatic heterocycles. The summed E-state index contributed by atoms with van der Waals surface area (Å²) >= 11 is 0. The van der Waals surface area contributed by atoms with Crippen molar-refractivity contribution in [3.63, 3.8) is 0 Å². The fraction of sp³-hybridized carbons (Fsp3) is 0.538. The predicted molar refractivity (Wildman–Crippen MR) is 65.3 cm³/mol. The van der Waals surface area contributed by atoms with Gasteiger partial charge in [-0.1, -0.05) is 24.3 Å². The molecule has 0 aliphatic rings. The first-order valence-corrected chi connectivity index (χ1v) is 5.52. The van der Waals surface area contributed by atoms with Crippen LogP contribution >= 0.6 is 0 Å². The molecule has 0 heterocycles. The molecule has 3 nitrogen and oxygen atoms in total. The third-order valence-electron chi connectivity index (χ3n) is 2.75. The standard InChI is InChI=1S/C13H21NO2/c1-10-7-5-6-8-12(10)9-14-11(2)13(15-3)16-4/h5-8,11,13-14H,9H2,1-4H3. The summed E-state index contributed by atoms with van der Waals surface area (Å²) in [6, 6.07) is 8.51. The second kappa shape index (κ2) is 6.63. The molecule has 0 radical (unpaired) electrons. The zero-order valence-corrected chi connectivity index (χ0v) is 10.5. The van der Waals surface area contributed by atoms with E-state index in [9.17, 15) is 0 Å². The van der Waals surface area contributed by atoms with Gasteiger partial charge in [-0.15, -0.1) is 0 Å². The molecule has 1 N–H and O–H groups in total. The van der Waals surface area contributed by atoms with Gasteiger partial charge in [0.1, 0.15) is 0 Å². The summed E-state index contributed by atoms with van der Waals surface area (Å²) in [5, 5.41) is 3.39. The summed E-state index contributed by atoms with van der Waals surface area (Å²) in [4.78, 5) is 0. The van der Waals surface area contributed by atoms with E-state index < -0.39 is 0 Å². The topological polar surface area (TPSA) is 30.5 Å². The average Bonchev–Trinajstić information content (AvgIpc) is 2.29. The third-order valence-corrected chi connectivity index (χ3v) is 2.75. The van der Waals surface area contributed by atoms with Gasteiger partial charge < -0.3 is 14.8 Å². The van der Waals surface area contributed by atoms with E-state index in [0.29, 0.717) is 0 Å². The highest BCUT2D eigenvalue weighted by molar-refractivity contribution is 5.25. The smallest absolute Gasteiger partial charge is 0.171 e. The number of ether oxygens (including phenoxy) is 2. The van der Waals surface area contributed by atoms with Gasteiger partial charge in [-0.25, -0.2) is 0 Å². The number of hydrogen-bond donors (Lipinski definition) is 1. The molecule has 0 spiro atoms. The lowest BCUT2D eigenvalue weighted by atomic mass is 10.1. The summed E-state index contributed by atoms with van der Waals surface area (Å²) < 4.78 is 10.4. The second-order valence-corrected chi connectivity index (χ2v) is 3.94. The van der Waals surface area contributed by atoms with Crippen molar-refractivity contribution in [1.82, 2.24) is 5.32 Å². The maximum absolute atomic E-state index is 5.20. The number of aryl methyl sites for hydroxylation is 1. The quantitative estimate of drug-likeness (QED) is 0.749. The Labute approximate surface area is 97.8 Å². The van der Waals surface area contributed by atoms with Crippen molar-refractivity contribution in [1.29, 1.82) is 0 Å². The van der Waals surface area contributed by atoms with E-state index in [4.69, 9.17) is 9.47 Å². The fourth-order valence-electron chi connectivity index (χ4n) is 1.68. The van der Waals surface area contributed by atoms with Crippen LogP contribution in [0, 0.1) is 6.92 Å². The zero-order chi connectivity index (χ0) is 12.0. The normalized spacial score (nSPS) is 13.1. The van der Waals surface area contributed by atoms with Crippen LogP contribution in [0.5, 0.6) is 0 Å². The Morgan fingerprint density at radius 1 is 1.19 bits per heavy atom. The number of rotatable bonds is 6. The van der Waals surface area contributed by atoms with Gasteiger partial charge in [0, 0.05) is 20.8 Å². The lowest BCUT2D eigenvalue weighted by molar-refractivity contribution is -0.119. The molecule has 16 heavy (non-hydrogen) atoms. The van der Waals surface area contributed by atoms with Gasteiger partial charge in [-0.05, 0) is 25.0 Å². The fourth-order valence-corrected chi connectivity index (χ4v) is 1.68. The van der Waals surface area contributed by atoms with Gasteiger partial charge in [0.05, 0.1) is 6.04 Å². The summed E-state index contributed by atoms with van der Waals surface area (Å²) in [6.45, 7) is 5.00. The highest BCUT2D eigenvalue weighted by atomic mass is 16.7. The van der Waals surface area contributed by atoms with Crippen LogP contribution in [0.1, 0.15) is 18.1 Å². The van der Waals surface area contributed by atoms with Crippen LogP contribution in [0.2, 0.25) is 0 Å². The molecule has 1 unspecified atom stereocenters. The first kappa shape index (κ1) is 13.2. The largest absolute Gasteiger partial charge is 0.354 e. The van der Waals surface area contributed by atoms with Crippen molar-refractivity contribution < 1.29 is 9.47 Å². The molecule has 90 valence electrons. The minimum Gasteiger partial charge on any atom is -0.354 e. The van der Waals surface area contributed by atoms with Crippen molar-refractivity contribution in [3.05, 3.63) is 35.4 Å². The molecule has 0 saturated heterocycles. The maximum Gasteiger partial charge on any atom is 0.171 e. The highest BCUT2D eigenvalue weighted by Crippen LogP contribution is 2.07. The Bertz CT molecular complexity index is 311. The third kappa shape index (κ3) is 3.59. The molecule has 1 aromatic rings. The Balaban J connectivity index is 2.48. The number of benzene rings is 1. The molecule has 0 saturated carbocycles. The molecule has 1 rings (SSSR count). The Hall–Kier alpha value is -0.900. The monoisotopic (exact) mass is 223 g/mol. The van der Waals surface area contributed by atoms with Crippen molar-refractivity contribution in [3.8, 4) is 0 Å². The number of methoxy groups -OCH3 is 2. The highest BCUT2D eigenvalue weighted by Gasteiger charge is 2.14. The van der Waals surface area contributed by atoms with Crippen LogP contribution in [0.25, 0.3) is 0 Å². The van der Waals surface area contributed by atoms with E-state index in [-0.39, 0.29) is 12.3 Å². The van der Waals surface area contributed by atoms with E-state index in [0.717, 1.165) is 6.54 Å². The van der Waals surface area contributed by atoms with Gasteiger partial charge in [0.25, 0.3) is 0 Å². The SMILES string of the molecule is COC(OC)C(C)NCc1ccccc1C. The zero-order valence-electron chi connectivity index (χ0n) is 10.5. The van der Waals surface area contributed by atoms with Crippen LogP contribution in [0.15, 0.2) is 24.3 Å². The lowest BCUT2D eigenvalue weighted by Crippen LogP contribution is -2.39. The molecular weight excluding hydrogens is 202 g/mol. The van der Waals surface area contributed by atoms with Crippen molar-refractivity contribution in [2.24, 2.45) is 0 Å². The van der Waals surface area contributed by atoms with Crippen LogP contribution in [0.4, 0.5) is 0 Å². The van der Waals surface area contributed by atoms with E-state index in [2.05, 4.69) is 43.4 Å². The Morgan fingerprint density at radius 2 is 1.81 bits per heavy atom. The van der Waals surface area contributed by atoms with Gasteiger partial charge >= 0.3 is 0 Å². The van der Waals surface area contributed by atoms with Crippen molar-refractivity contribution in [2.75, 3.05) is 14.2 Å². The Kier molecular flexibility index (Phi) is 5.46. The molecule has 1 atom stereocenters. The van der Waals surface area contributed by atoms with E-state index >= 15 is 0 Å². The molecule has 0 bridgehead atoms. The molecular formula is C13H21NO2. The van der Waals surface area contributed by atoms with E-state index in [1.54, 1.807) is 14.2 Å². The second-order valence-electron chi connectivity index (χ2n) is 3.94. The number of hydrogen-bond acceptors (Lipinski definition) is 3. The summed E-state index contributed by atoms with van der Waals surface area (Å²) in [6.07, 6.45) is -0.205. The molecule has 3 heteroatoms. The first-order chi connectivity index (χ1) is 7.69. The molecule has 0 amide bonds. The van der Waals surface area contributed by atoms with Gasteiger partial charge in [-0.2, -0.15) is 0 Å². The van der Waals surface area contributed by atoms with Gasteiger partial charge in [-0.3, -0.25) is 0 Å². The minimum absolute atomic E-state index is 0.162. The maximum atomic E-state index is 5.20.